The van der Waals surface area contributed by atoms with E-state index in [1.807, 2.05) is 27.7 Å². The van der Waals surface area contributed by atoms with Gasteiger partial charge in [-0.3, -0.25) is 4.79 Å². The van der Waals surface area contributed by atoms with E-state index in [2.05, 4.69) is 26.1 Å². The number of ether oxygens (including phenoxy) is 2. The van der Waals surface area contributed by atoms with Crippen molar-refractivity contribution in [3.05, 3.63) is 0 Å². The zero-order valence-corrected chi connectivity index (χ0v) is 21.6. The molecule has 1 aliphatic heterocycles. The van der Waals surface area contributed by atoms with Gasteiger partial charge >= 0.3 is 5.97 Å². The van der Waals surface area contributed by atoms with Crippen LogP contribution in [0.15, 0.2) is 0 Å². The zero-order valence-electron chi connectivity index (χ0n) is 20.0. The third-order valence-corrected chi connectivity index (χ3v) is 6.98. The lowest BCUT2D eigenvalue weighted by Crippen LogP contribution is -2.51. The van der Waals surface area contributed by atoms with Crippen LogP contribution in [0.3, 0.4) is 0 Å². The molecule has 180 valence electrons. The normalized spacial score (nSPS) is 18.6. The number of hydrogen-bond donors (Lipinski definition) is 1. The highest BCUT2D eigenvalue weighted by atomic mass is 35.5. The van der Waals surface area contributed by atoms with Crippen molar-refractivity contribution in [3.8, 4) is 0 Å². The molecule has 0 aliphatic carbocycles. The van der Waals surface area contributed by atoms with E-state index >= 15 is 0 Å². The second-order valence-corrected chi connectivity index (χ2v) is 12.2. The Morgan fingerprint density at radius 2 is 1.67 bits per heavy atom. The Bertz CT molecular complexity index is 622. The molecule has 30 heavy (non-hydrogen) atoms. The Kier molecular flexibility index (Phi) is 11.8. The van der Waals surface area contributed by atoms with Crippen molar-refractivity contribution in [1.29, 1.82) is 0 Å². The molecule has 1 rings (SSSR count). The quantitative estimate of drug-likeness (QED) is 0.521. The topological polar surface area (TPSA) is 84.9 Å². The Hall–Kier alpha value is -0.410. The highest BCUT2D eigenvalue weighted by Gasteiger charge is 2.34. The number of rotatable bonds is 9. The fourth-order valence-electron chi connectivity index (χ4n) is 3.29. The van der Waals surface area contributed by atoms with Crippen LogP contribution < -0.4 is 5.32 Å². The fraction of sp³-hybridized carbons (Fsp3) is 0.952. The first-order valence-corrected chi connectivity index (χ1v) is 12.4. The van der Waals surface area contributed by atoms with Gasteiger partial charge in [-0.15, -0.1) is 12.4 Å². The second-order valence-electron chi connectivity index (χ2n) is 10.3. The minimum absolute atomic E-state index is 0. The average molecular weight is 471 g/mol. The molecule has 0 radical (unpaired) electrons. The number of carbonyl (C=O) groups excluding carboxylic acids is 1. The predicted molar refractivity (Wildman–Crippen MR) is 124 cm³/mol. The molecule has 0 aromatic rings. The van der Waals surface area contributed by atoms with Crippen LogP contribution in [0.25, 0.3) is 0 Å². The van der Waals surface area contributed by atoms with Gasteiger partial charge in [0.2, 0.25) is 10.0 Å². The van der Waals surface area contributed by atoms with E-state index in [1.54, 1.807) is 0 Å². The van der Waals surface area contributed by atoms with E-state index < -0.39 is 21.7 Å². The summed E-state index contributed by atoms with van der Waals surface area (Å²) in [7, 11) is -3.44. The Morgan fingerprint density at radius 3 is 2.10 bits per heavy atom. The van der Waals surface area contributed by atoms with Crippen molar-refractivity contribution in [2.75, 3.05) is 32.5 Å². The maximum atomic E-state index is 12.4. The average Bonchev–Trinajstić information content (AvgIpc) is 2.54. The molecule has 2 atom stereocenters. The largest absolute Gasteiger partial charge is 0.463 e. The van der Waals surface area contributed by atoms with Crippen LogP contribution in [-0.4, -0.2) is 68.9 Å². The van der Waals surface area contributed by atoms with E-state index in [9.17, 15) is 13.2 Å². The number of nitrogens with one attached hydrogen (secondary N) is 1. The number of nitrogens with zero attached hydrogens (tertiary/aromatic N) is 1. The highest BCUT2D eigenvalue weighted by molar-refractivity contribution is 7.88. The van der Waals surface area contributed by atoms with Crippen molar-refractivity contribution >= 4 is 28.4 Å². The first kappa shape index (κ1) is 29.6. The van der Waals surface area contributed by atoms with Gasteiger partial charge in [-0.2, -0.15) is 4.31 Å². The van der Waals surface area contributed by atoms with Gasteiger partial charge in [-0.1, -0.05) is 20.8 Å². The predicted octanol–water partition coefficient (Wildman–Crippen LogP) is 3.22. The van der Waals surface area contributed by atoms with Crippen LogP contribution in [0.4, 0.5) is 0 Å². The summed E-state index contributed by atoms with van der Waals surface area (Å²) in [5.74, 6) is 0.106. The monoisotopic (exact) mass is 470 g/mol. The number of esters is 1. The summed E-state index contributed by atoms with van der Waals surface area (Å²) < 4.78 is 37.8. The molecule has 0 bridgehead atoms. The first-order valence-electron chi connectivity index (χ1n) is 10.6. The van der Waals surface area contributed by atoms with E-state index in [1.165, 1.54) is 10.6 Å². The molecule has 1 saturated heterocycles. The van der Waals surface area contributed by atoms with Gasteiger partial charge in [0.25, 0.3) is 0 Å². The maximum absolute atomic E-state index is 12.4. The summed E-state index contributed by atoms with van der Waals surface area (Å²) in [4.78, 5) is 12.3. The van der Waals surface area contributed by atoms with Crippen molar-refractivity contribution < 1.29 is 22.7 Å². The smallest absolute Gasteiger partial charge is 0.306 e. The SMILES string of the molecule is C[C@H](O[C@H](COC(=O)CC1CCNCC1)CN(C(C)(C)C)S(C)(=O)=O)C(C)(C)C.Cl. The van der Waals surface area contributed by atoms with Gasteiger partial charge < -0.3 is 14.8 Å². The third kappa shape index (κ3) is 10.8. The second kappa shape index (κ2) is 12.0. The molecule has 0 spiro atoms. The van der Waals surface area contributed by atoms with Crippen molar-refractivity contribution in [1.82, 2.24) is 9.62 Å². The molecular weight excluding hydrogens is 428 g/mol. The number of carbonyl (C=O) groups is 1. The van der Waals surface area contributed by atoms with Gasteiger partial charge in [-0.05, 0) is 65.0 Å². The summed E-state index contributed by atoms with van der Waals surface area (Å²) in [5, 5.41) is 3.29. The molecule has 0 unspecified atom stereocenters. The molecule has 1 heterocycles. The Balaban J connectivity index is 0.00000841. The van der Waals surface area contributed by atoms with Crippen LogP contribution in [0.1, 0.15) is 67.7 Å². The number of hydrogen-bond acceptors (Lipinski definition) is 6. The molecule has 1 fully saturated rings. The molecule has 0 amide bonds. The number of halogens is 1. The molecule has 0 aromatic carbocycles. The van der Waals surface area contributed by atoms with Crippen molar-refractivity contribution in [3.63, 3.8) is 0 Å². The number of sulfonamides is 1. The third-order valence-electron chi connectivity index (χ3n) is 5.48. The molecule has 9 heteroatoms. The summed E-state index contributed by atoms with van der Waals surface area (Å²) in [5.41, 5.74) is -0.714. The van der Waals surface area contributed by atoms with E-state index in [-0.39, 0.29) is 43.0 Å². The molecule has 0 aromatic heterocycles. The molecule has 7 nitrogen and oxygen atoms in total. The molecule has 1 N–H and O–H groups in total. The highest BCUT2D eigenvalue weighted by Crippen LogP contribution is 2.25. The van der Waals surface area contributed by atoms with E-state index in [0.29, 0.717) is 12.3 Å². The lowest BCUT2D eigenvalue weighted by Gasteiger charge is -2.38. The lowest BCUT2D eigenvalue weighted by atomic mass is 9.90. The van der Waals surface area contributed by atoms with Gasteiger partial charge in [0.1, 0.15) is 12.7 Å². The van der Waals surface area contributed by atoms with E-state index in [0.717, 1.165) is 25.9 Å². The molecular formula is C21H43ClN2O5S. The van der Waals surface area contributed by atoms with E-state index in [4.69, 9.17) is 9.47 Å². The minimum Gasteiger partial charge on any atom is -0.463 e. The minimum atomic E-state index is -3.44. The summed E-state index contributed by atoms with van der Waals surface area (Å²) in [6, 6.07) is 0. The van der Waals surface area contributed by atoms with Gasteiger partial charge in [0, 0.05) is 18.5 Å². The van der Waals surface area contributed by atoms with Gasteiger partial charge in [-0.25, -0.2) is 8.42 Å². The molecule has 0 saturated carbocycles. The summed E-state index contributed by atoms with van der Waals surface area (Å²) >= 11 is 0. The van der Waals surface area contributed by atoms with Gasteiger partial charge in [0.15, 0.2) is 0 Å². The lowest BCUT2D eigenvalue weighted by molar-refractivity contribution is -0.153. The molecule has 1 aliphatic rings. The fourth-order valence-corrected chi connectivity index (χ4v) is 4.72. The van der Waals surface area contributed by atoms with Crippen molar-refractivity contribution in [2.24, 2.45) is 11.3 Å². The van der Waals surface area contributed by atoms with Gasteiger partial charge in [0.05, 0.1) is 12.4 Å². The standard InChI is InChI=1S/C21H42N2O5S.ClH/c1-16(20(2,3)4)28-18(14-23(21(5,6)7)29(8,25)26)15-27-19(24)13-17-9-11-22-12-10-17;/h16-18,22H,9-15H2,1-8H3;1H/t16-,18-;/m0./s1. The van der Waals surface area contributed by atoms with Crippen LogP contribution in [-0.2, 0) is 24.3 Å². The Labute approximate surface area is 190 Å². The number of piperidine rings is 1. The summed E-state index contributed by atoms with van der Waals surface area (Å²) in [6.07, 6.45) is 2.89. The van der Waals surface area contributed by atoms with Crippen LogP contribution in [0.5, 0.6) is 0 Å². The summed E-state index contributed by atoms with van der Waals surface area (Å²) in [6.45, 7) is 15.8. The van der Waals surface area contributed by atoms with Crippen LogP contribution in [0, 0.1) is 11.3 Å². The maximum Gasteiger partial charge on any atom is 0.306 e. The first-order chi connectivity index (χ1) is 13.1. The van der Waals surface area contributed by atoms with Crippen LogP contribution in [0.2, 0.25) is 0 Å². The Morgan fingerprint density at radius 1 is 1.13 bits per heavy atom. The van der Waals surface area contributed by atoms with Crippen molar-refractivity contribution in [2.45, 2.75) is 85.5 Å². The van der Waals surface area contributed by atoms with Crippen LogP contribution >= 0.6 is 12.4 Å². The zero-order chi connectivity index (χ0) is 22.5.